The van der Waals surface area contributed by atoms with Gasteiger partial charge in [0.25, 0.3) is 5.91 Å². The van der Waals surface area contributed by atoms with E-state index in [-0.39, 0.29) is 11.9 Å². The molecule has 0 bridgehead atoms. The van der Waals surface area contributed by atoms with E-state index < -0.39 is 0 Å². The molecule has 126 valence electrons. The number of nitrogens with one attached hydrogen (secondary N) is 2. The van der Waals surface area contributed by atoms with Crippen LogP contribution < -0.4 is 10.6 Å². The van der Waals surface area contributed by atoms with E-state index in [1.165, 1.54) is 25.5 Å². The third kappa shape index (κ3) is 3.91. The molecule has 1 aliphatic carbocycles. The van der Waals surface area contributed by atoms with Crippen molar-refractivity contribution in [1.29, 1.82) is 0 Å². The van der Waals surface area contributed by atoms with Crippen LogP contribution >= 0.6 is 0 Å². The van der Waals surface area contributed by atoms with Gasteiger partial charge in [-0.15, -0.1) is 0 Å². The van der Waals surface area contributed by atoms with Crippen LogP contribution in [0.25, 0.3) is 0 Å². The van der Waals surface area contributed by atoms with Crippen molar-refractivity contribution >= 4 is 17.4 Å². The fourth-order valence-corrected chi connectivity index (χ4v) is 3.16. The van der Waals surface area contributed by atoms with Crippen molar-refractivity contribution in [3.8, 4) is 0 Å². The fourth-order valence-electron chi connectivity index (χ4n) is 3.16. The van der Waals surface area contributed by atoms with Crippen molar-refractivity contribution in [2.24, 2.45) is 0 Å². The smallest absolute Gasteiger partial charge is 0.271 e. The Labute approximate surface area is 142 Å². The Kier molecular flexibility index (Phi) is 5.08. The number of carbonyl (C=O) groups is 1. The molecule has 0 unspecified atom stereocenters. The van der Waals surface area contributed by atoms with E-state index in [2.05, 4.69) is 46.6 Å². The molecule has 2 aromatic rings. The second kappa shape index (κ2) is 7.43. The third-order valence-electron chi connectivity index (χ3n) is 4.56. The highest BCUT2D eigenvalue weighted by Crippen LogP contribution is 2.23. The van der Waals surface area contributed by atoms with Crippen molar-refractivity contribution < 1.29 is 4.79 Å². The maximum atomic E-state index is 12.3. The number of hydrogen-bond donors (Lipinski definition) is 2. The molecule has 0 spiro atoms. The lowest BCUT2D eigenvalue weighted by atomic mass is 9.95. The molecule has 1 saturated carbocycles. The minimum absolute atomic E-state index is 0.131. The summed E-state index contributed by atoms with van der Waals surface area (Å²) >= 11 is 0. The van der Waals surface area contributed by atoms with Gasteiger partial charge in [-0.3, -0.25) is 4.79 Å². The van der Waals surface area contributed by atoms with Crippen LogP contribution in [-0.4, -0.2) is 21.9 Å². The van der Waals surface area contributed by atoms with Gasteiger partial charge in [-0.1, -0.05) is 37.5 Å². The lowest BCUT2D eigenvalue weighted by molar-refractivity contribution is 0.0922. The SMILES string of the molecule is Cc1cccc(C)c1Nc1cnc(C(=O)NC2CCCCC2)cn1. The van der Waals surface area contributed by atoms with E-state index in [0.29, 0.717) is 11.5 Å². The average molecular weight is 324 g/mol. The molecule has 0 saturated heterocycles. The Bertz CT molecular complexity index is 686. The standard InChI is InChI=1S/C19H24N4O/c1-13-7-6-8-14(2)18(13)23-17-12-20-16(11-21-17)19(24)22-15-9-4-3-5-10-15/h6-8,11-12,15H,3-5,9-10H2,1-2H3,(H,21,23)(H,22,24). The van der Waals surface area contributed by atoms with Crippen LogP contribution in [0.15, 0.2) is 30.6 Å². The number of para-hydroxylation sites is 1. The summed E-state index contributed by atoms with van der Waals surface area (Å²) < 4.78 is 0. The van der Waals surface area contributed by atoms with Gasteiger partial charge in [0.2, 0.25) is 0 Å². The van der Waals surface area contributed by atoms with E-state index in [4.69, 9.17) is 0 Å². The fraction of sp³-hybridized carbons (Fsp3) is 0.421. The molecular weight excluding hydrogens is 300 g/mol. The van der Waals surface area contributed by atoms with Crippen LogP contribution in [0.3, 0.4) is 0 Å². The molecule has 0 atom stereocenters. The van der Waals surface area contributed by atoms with Gasteiger partial charge in [0.05, 0.1) is 12.4 Å². The number of carbonyl (C=O) groups excluding carboxylic acids is 1. The van der Waals surface area contributed by atoms with Crippen LogP contribution in [0.2, 0.25) is 0 Å². The second-order valence-electron chi connectivity index (χ2n) is 6.49. The van der Waals surface area contributed by atoms with E-state index in [0.717, 1.165) is 29.7 Å². The summed E-state index contributed by atoms with van der Waals surface area (Å²) in [5.74, 6) is 0.509. The summed E-state index contributed by atoms with van der Waals surface area (Å²) in [6.45, 7) is 4.10. The number of aryl methyl sites for hydroxylation is 2. The zero-order chi connectivity index (χ0) is 16.9. The topological polar surface area (TPSA) is 66.9 Å². The Morgan fingerprint density at radius 1 is 1.04 bits per heavy atom. The number of amides is 1. The maximum Gasteiger partial charge on any atom is 0.271 e. The molecule has 1 fully saturated rings. The number of anilines is 2. The van der Waals surface area contributed by atoms with Crippen molar-refractivity contribution in [3.63, 3.8) is 0 Å². The zero-order valence-corrected chi connectivity index (χ0v) is 14.3. The van der Waals surface area contributed by atoms with Crippen molar-refractivity contribution in [2.75, 3.05) is 5.32 Å². The Hall–Kier alpha value is -2.43. The van der Waals surface area contributed by atoms with E-state index in [1.54, 1.807) is 6.20 Å². The lowest BCUT2D eigenvalue weighted by Gasteiger charge is -2.22. The highest BCUT2D eigenvalue weighted by atomic mass is 16.1. The molecule has 24 heavy (non-hydrogen) atoms. The van der Waals surface area contributed by atoms with Crippen molar-refractivity contribution in [1.82, 2.24) is 15.3 Å². The largest absolute Gasteiger partial charge is 0.348 e. The lowest BCUT2D eigenvalue weighted by Crippen LogP contribution is -2.36. The molecule has 5 heteroatoms. The molecule has 0 radical (unpaired) electrons. The van der Waals surface area contributed by atoms with Gasteiger partial charge in [0.1, 0.15) is 11.5 Å². The van der Waals surface area contributed by atoms with E-state index in [9.17, 15) is 4.79 Å². The summed E-state index contributed by atoms with van der Waals surface area (Å²) in [7, 11) is 0. The Morgan fingerprint density at radius 2 is 1.75 bits per heavy atom. The van der Waals surface area contributed by atoms with Crippen LogP contribution in [0.5, 0.6) is 0 Å². The average Bonchev–Trinajstić information content (AvgIpc) is 2.60. The first-order valence-corrected chi connectivity index (χ1v) is 8.59. The second-order valence-corrected chi connectivity index (χ2v) is 6.49. The van der Waals surface area contributed by atoms with Gasteiger partial charge < -0.3 is 10.6 Å². The van der Waals surface area contributed by atoms with E-state index in [1.807, 2.05) is 6.07 Å². The highest BCUT2D eigenvalue weighted by Gasteiger charge is 2.17. The molecule has 1 aromatic heterocycles. The summed E-state index contributed by atoms with van der Waals surface area (Å²) in [5, 5.41) is 6.34. The number of nitrogens with zero attached hydrogens (tertiary/aromatic N) is 2. The van der Waals surface area contributed by atoms with Crippen LogP contribution in [0.1, 0.15) is 53.7 Å². The first-order chi connectivity index (χ1) is 11.6. The molecule has 1 aromatic carbocycles. The maximum absolute atomic E-state index is 12.3. The molecule has 0 aliphatic heterocycles. The molecule has 3 rings (SSSR count). The molecule has 1 amide bonds. The van der Waals surface area contributed by atoms with E-state index >= 15 is 0 Å². The number of aromatic nitrogens is 2. The van der Waals surface area contributed by atoms with Crippen LogP contribution in [-0.2, 0) is 0 Å². The Morgan fingerprint density at radius 3 is 2.38 bits per heavy atom. The molecule has 1 aliphatic rings. The molecule has 2 N–H and O–H groups in total. The molecular formula is C19H24N4O. The summed E-state index contributed by atoms with van der Waals surface area (Å²) in [5.41, 5.74) is 3.70. The van der Waals surface area contributed by atoms with Gasteiger partial charge in [-0.2, -0.15) is 0 Å². The number of rotatable bonds is 4. The van der Waals surface area contributed by atoms with Crippen LogP contribution in [0.4, 0.5) is 11.5 Å². The summed E-state index contributed by atoms with van der Waals surface area (Å²) in [4.78, 5) is 20.9. The zero-order valence-electron chi connectivity index (χ0n) is 14.3. The minimum atomic E-state index is -0.131. The van der Waals surface area contributed by atoms with Gasteiger partial charge in [0.15, 0.2) is 0 Å². The quantitative estimate of drug-likeness (QED) is 0.895. The van der Waals surface area contributed by atoms with Gasteiger partial charge in [-0.05, 0) is 37.8 Å². The predicted octanol–water partition coefficient (Wildman–Crippen LogP) is 3.90. The van der Waals surface area contributed by atoms with Gasteiger partial charge in [-0.25, -0.2) is 9.97 Å². The predicted molar refractivity (Wildman–Crippen MR) is 95.6 cm³/mol. The highest BCUT2D eigenvalue weighted by molar-refractivity contribution is 5.92. The molecule has 5 nitrogen and oxygen atoms in total. The van der Waals surface area contributed by atoms with Gasteiger partial charge >= 0.3 is 0 Å². The first kappa shape index (κ1) is 16.4. The normalized spacial score (nSPS) is 15.1. The summed E-state index contributed by atoms with van der Waals surface area (Å²) in [6, 6.07) is 6.41. The number of hydrogen-bond acceptors (Lipinski definition) is 4. The molecule has 1 heterocycles. The first-order valence-electron chi connectivity index (χ1n) is 8.59. The summed E-state index contributed by atoms with van der Waals surface area (Å²) in [6.07, 6.45) is 8.92. The van der Waals surface area contributed by atoms with Crippen molar-refractivity contribution in [2.45, 2.75) is 52.0 Å². The number of benzene rings is 1. The monoisotopic (exact) mass is 324 g/mol. The van der Waals surface area contributed by atoms with Crippen molar-refractivity contribution in [3.05, 3.63) is 47.4 Å². The van der Waals surface area contributed by atoms with Crippen LogP contribution in [0, 0.1) is 13.8 Å². The van der Waals surface area contributed by atoms with Gasteiger partial charge in [0, 0.05) is 11.7 Å². The Balaban J connectivity index is 1.65. The third-order valence-corrected chi connectivity index (χ3v) is 4.56. The minimum Gasteiger partial charge on any atom is -0.348 e.